The van der Waals surface area contributed by atoms with Gasteiger partial charge in [-0.2, -0.15) is 0 Å². The van der Waals surface area contributed by atoms with Gasteiger partial charge in [-0.3, -0.25) is 0 Å². The molecule has 0 aromatic carbocycles. The van der Waals surface area contributed by atoms with Crippen molar-refractivity contribution < 1.29 is 0 Å². The van der Waals surface area contributed by atoms with Gasteiger partial charge in [0.1, 0.15) is 0 Å². The van der Waals surface area contributed by atoms with E-state index in [2.05, 4.69) is 34.6 Å². The molecule has 1 unspecified atom stereocenters. The van der Waals surface area contributed by atoms with E-state index in [0.29, 0.717) is 10.8 Å². The second kappa shape index (κ2) is 3.80. The maximum atomic E-state index is 5.91. The molecule has 0 amide bonds. The summed E-state index contributed by atoms with van der Waals surface area (Å²) in [7, 11) is 0. The first-order valence-electron chi connectivity index (χ1n) is 4.39. The van der Waals surface area contributed by atoms with Gasteiger partial charge in [0.25, 0.3) is 0 Å². The van der Waals surface area contributed by atoms with Crippen molar-refractivity contribution in [2.24, 2.45) is 10.8 Å². The Bertz CT molecular complexity index is 107. The molecule has 0 bridgehead atoms. The third kappa shape index (κ3) is 4.68. The summed E-state index contributed by atoms with van der Waals surface area (Å²) in [6.45, 7) is 11.3. The van der Waals surface area contributed by atoms with Crippen LogP contribution in [0.1, 0.15) is 47.5 Å². The van der Waals surface area contributed by atoms with Gasteiger partial charge >= 0.3 is 0 Å². The van der Waals surface area contributed by atoms with Crippen LogP contribution in [0.4, 0.5) is 0 Å². The maximum Gasteiger partial charge on any atom is 0.0277 e. The molecule has 0 radical (unpaired) electrons. The highest BCUT2D eigenvalue weighted by Crippen LogP contribution is 2.36. The standard InChI is InChI=1S/C10H21Cl/c1-6-10(5,8-11)7-9(2,3)4/h6-8H2,1-5H3. The SMILES string of the molecule is CCC(C)(CCl)CC(C)(C)C. The van der Waals surface area contributed by atoms with Crippen molar-refractivity contribution in [3.05, 3.63) is 0 Å². The van der Waals surface area contributed by atoms with Crippen molar-refractivity contribution in [3.63, 3.8) is 0 Å². The Kier molecular flexibility index (Phi) is 3.90. The van der Waals surface area contributed by atoms with Crippen LogP contribution in [-0.2, 0) is 0 Å². The van der Waals surface area contributed by atoms with Crippen LogP contribution in [0.3, 0.4) is 0 Å². The first-order valence-corrected chi connectivity index (χ1v) is 4.92. The van der Waals surface area contributed by atoms with Crippen molar-refractivity contribution >= 4 is 11.6 Å². The van der Waals surface area contributed by atoms with Gasteiger partial charge in [0.2, 0.25) is 0 Å². The summed E-state index contributed by atoms with van der Waals surface area (Å²) < 4.78 is 0. The summed E-state index contributed by atoms with van der Waals surface area (Å²) in [6.07, 6.45) is 2.38. The van der Waals surface area contributed by atoms with Crippen LogP contribution in [0.25, 0.3) is 0 Å². The summed E-state index contributed by atoms with van der Waals surface area (Å²) in [4.78, 5) is 0. The molecule has 0 aliphatic heterocycles. The maximum absolute atomic E-state index is 5.91. The summed E-state index contributed by atoms with van der Waals surface area (Å²) in [6, 6.07) is 0. The highest BCUT2D eigenvalue weighted by molar-refractivity contribution is 6.18. The minimum absolute atomic E-state index is 0.333. The van der Waals surface area contributed by atoms with Crippen LogP contribution in [0.5, 0.6) is 0 Å². The molecule has 1 heteroatoms. The van der Waals surface area contributed by atoms with Gasteiger partial charge in [-0.15, -0.1) is 11.6 Å². The molecule has 0 aliphatic carbocycles. The predicted molar refractivity (Wildman–Crippen MR) is 53.2 cm³/mol. The van der Waals surface area contributed by atoms with Crippen LogP contribution >= 0.6 is 11.6 Å². The van der Waals surface area contributed by atoms with Crippen LogP contribution < -0.4 is 0 Å². The zero-order valence-electron chi connectivity index (χ0n) is 8.50. The molecule has 11 heavy (non-hydrogen) atoms. The summed E-state index contributed by atoms with van der Waals surface area (Å²) >= 11 is 5.91. The average molecular weight is 177 g/mol. The lowest BCUT2D eigenvalue weighted by molar-refractivity contribution is 0.210. The van der Waals surface area contributed by atoms with Gasteiger partial charge in [0, 0.05) is 5.88 Å². The minimum atomic E-state index is 0.333. The molecule has 0 heterocycles. The highest BCUT2D eigenvalue weighted by atomic mass is 35.5. The summed E-state index contributed by atoms with van der Waals surface area (Å²) in [5, 5.41) is 0. The van der Waals surface area contributed by atoms with E-state index < -0.39 is 0 Å². The lowest BCUT2D eigenvalue weighted by Gasteiger charge is -2.33. The lowest BCUT2D eigenvalue weighted by Crippen LogP contribution is -2.24. The zero-order chi connectivity index (χ0) is 9.12. The molecule has 0 fully saturated rings. The quantitative estimate of drug-likeness (QED) is 0.569. The Balaban J connectivity index is 4.08. The van der Waals surface area contributed by atoms with Gasteiger partial charge < -0.3 is 0 Å². The third-order valence-corrected chi connectivity index (χ3v) is 2.78. The van der Waals surface area contributed by atoms with Crippen molar-refractivity contribution in [1.29, 1.82) is 0 Å². The molecule has 0 aliphatic rings. The third-order valence-electron chi connectivity index (χ3n) is 2.13. The molecule has 0 saturated heterocycles. The topological polar surface area (TPSA) is 0 Å². The normalized spacial score (nSPS) is 18.0. The van der Waals surface area contributed by atoms with E-state index >= 15 is 0 Å². The summed E-state index contributed by atoms with van der Waals surface area (Å²) in [5.41, 5.74) is 0.736. The van der Waals surface area contributed by atoms with E-state index in [1.165, 1.54) is 12.8 Å². The Morgan fingerprint density at radius 3 is 1.64 bits per heavy atom. The van der Waals surface area contributed by atoms with Crippen molar-refractivity contribution in [2.45, 2.75) is 47.5 Å². The molecular weight excluding hydrogens is 156 g/mol. The molecule has 68 valence electrons. The van der Waals surface area contributed by atoms with Crippen LogP contribution in [0.15, 0.2) is 0 Å². The molecule has 0 N–H and O–H groups in total. The fourth-order valence-electron chi connectivity index (χ4n) is 1.55. The van der Waals surface area contributed by atoms with Crippen LogP contribution in [0.2, 0.25) is 0 Å². The second-order valence-corrected chi connectivity index (χ2v) is 5.30. The average Bonchev–Trinajstić information content (AvgIpc) is 1.84. The minimum Gasteiger partial charge on any atom is -0.126 e. The Hall–Kier alpha value is 0.290. The van der Waals surface area contributed by atoms with Gasteiger partial charge in [-0.1, -0.05) is 34.6 Å². The van der Waals surface area contributed by atoms with E-state index in [-0.39, 0.29) is 0 Å². The molecule has 0 rings (SSSR count). The highest BCUT2D eigenvalue weighted by Gasteiger charge is 2.27. The number of halogens is 1. The van der Waals surface area contributed by atoms with Crippen molar-refractivity contribution in [3.8, 4) is 0 Å². The first-order chi connectivity index (χ1) is 4.83. The van der Waals surface area contributed by atoms with E-state index in [4.69, 9.17) is 11.6 Å². The van der Waals surface area contributed by atoms with E-state index in [0.717, 1.165) is 5.88 Å². The van der Waals surface area contributed by atoms with Gasteiger partial charge in [-0.25, -0.2) is 0 Å². The monoisotopic (exact) mass is 176 g/mol. The second-order valence-electron chi connectivity index (χ2n) is 5.04. The number of hydrogen-bond acceptors (Lipinski definition) is 0. The van der Waals surface area contributed by atoms with Gasteiger partial charge in [-0.05, 0) is 23.7 Å². The van der Waals surface area contributed by atoms with E-state index in [1.54, 1.807) is 0 Å². The number of alkyl halides is 1. The molecular formula is C10H21Cl. The Morgan fingerprint density at radius 2 is 1.55 bits per heavy atom. The first kappa shape index (κ1) is 11.3. The smallest absolute Gasteiger partial charge is 0.0277 e. The van der Waals surface area contributed by atoms with Crippen LogP contribution in [0, 0.1) is 10.8 Å². The molecule has 0 nitrogen and oxygen atoms in total. The summed E-state index contributed by atoms with van der Waals surface area (Å²) in [5.74, 6) is 0.779. The lowest BCUT2D eigenvalue weighted by atomic mass is 9.75. The molecule has 0 aromatic rings. The molecule has 0 saturated carbocycles. The fourth-order valence-corrected chi connectivity index (χ4v) is 1.83. The molecule has 1 atom stereocenters. The Labute approximate surface area is 76.3 Å². The Morgan fingerprint density at radius 1 is 1.09 bits per heavy atom. The predicted octanol–water partition coefficient (Wildman–Crippen LogP) is 4.08. The van der Waals surface area contributed by atoms with Gasteiger partial charge in [0.05, 0.1) is 0 Å². The fraction of sp³-hybridized carbons (Fsp3) is 1.00. The van der Waals surface area contributed by atoms with Crippen molar-refractivity contribution in [2.75, 3.05) is 5.88 Å². The van der Waals surface area contributed by atoms with Gasteiger partial charge in [0.15, 0.2) is 0 Å². The van der Waals surface area contributed by atoms with Crippen LogP contribution in [-0.4, -0.2) is 5.88 Å². The zero-order valence-corrected chi connectivity index (χ0v) is 9.26. The largest absolute Gasteiger partial charge is 0.126 e. The number of rotatable bonds is 3. The van der Waals surface area contributed by atoms with E-state index in [1.807, 2.05) is 0 Å². The molecule has 0 aromatic heterocycles. The molecule has 0 spiro atoms. The van der Waals surface area contributed by atoms with Crippen molar-refractivity contribution in [1.82, 2.24) is 0 Å². The number of hydrogen-bond donors (Lipinski definition) is 0. The van der Waals surface area contributed by atoms with E-state index in [9.17, 15) is 0 Å².